The van der Waals surface area contributed by atoms with Crippen molar-refractivity contribution in [1.29, 1.82) is 0 Å². The highest BCUT2D eigenvalue weighted by Gasteiger charge is 2.09. The third kappa shape index (κ3) is 4.27. The summed E-state index contributed by atoms with van der Waals surface area (Å²) in [7, 11) is 0. The van der Waals surface area contributed by atoms with Crippen LogP contribution in [0.15, 0.2) is 73.3 Å². The summed E-state index contributed by atoms with van der Waals surface area (Å²) in [5, 5.41) is 10.1. The molecule has 0 bridgehead atoms. The van der Waals surface area contributed by atoms with Crippen molar-refractivity contribution in [3.8, 4) is 5.82 Å². The molecule has 4 aromatic rings. The van der Waals surface area contributed by atoms with Crippen LogP contribution in [0, 0.1) is 12.7 Å². The van der Waals surface area contributed by atoms with Crippen molar-refractivity contribution < 1.29 is 9.18 Å². The summed E-state index contributed by atoms with van der Waals surface area (Å²) in [6.45, 7) is 1.65. The van der Waals surface area contributed by atoms with Crippen molar-refractivity contribution in [1.82, 2.24) is 19.7 Å². The van der Waals surface area contributed by atoms with Crippen molar-refractivity contribution in [3.63, 3.8) is 0 Å². The molecule has 7 nitrogen and oxygen atoms in total. The first-order valence-corrected chi connectivity index (χ1v) is 8.85. The van der Waals surface area contributed by atoms with E-state index in [1.165, 1.54) is 12.4 Å². The molecule has 0 saturated carbocycles. The first kappa shape index (κ1) is 18.3. The zero-order valence-corrected chi connectivity index (χ0v) is 15.5. The lowest BCUT2D eigenvalue weighted by molar-refractivity contribution is 0.102. The Hall–Kier alpha value is -4.07. The summed E-state index contributed by atoms with van der Waals surface area (Å²) in [4.78, 5) is 20.7. The maximum Gasteiger partial charge on any atom is 0.255 e. The summed E-state index contributed by atoms with van der Waals surface area (Å²) in [5.41, 5.74) is 2.15. The molecule has 0 unspecified atom stereocenters. The number of amides is 1. The van der Waals surface area contributed by atoms with Gasteiger partial charge in [0.2, 0.25) is 0 Å². The second-order valence-corrected chi connectivity index (χ2v) is 6.33. The van der Waals surface area contributed by atoms with Crippen LogP contribution in [0.25, 0.3) is 5.82 Å². The SMILES string of the molecule is Cc1ccc(C(=O)Nc2ccc(Nc3cc(-n4cccn4)ncn3)cc2)cc1F. The van der Waals surface area contributed by atoms with Gasteiger partial charge in [0, 0.05) is 35.4 Å². The van der Waals surface area contributed by atoms with Gasteiger partial charge in [-0.2, -0.15) is 5.10 Å². The Morgan fingerprint density at radius 3 is 2.55 bits per heavy atom. The van der Waals surface area contributed by atoms with Gasteiger partial charge in [-0.3, -0.25) is 4.79 Å². The second kappa shape index (κ2) is 7.89. The topological polar surface area (TPSA) is 84.7 Å². The van der Waals surface area contributed by atoms with E-state index in [-0.39, 0.29) is 11.5 Å². The van der Waals surface area contributed by atoms with Gasteiger partial charge in [-0.25, -0.2) is 19.0 Å². The Balaban J connectivity index is 1.43. The highest BCUT2D eigenvalue weighted by atomic mass is 19.1. The molecule has 0 atom stereocenters. The zero-order valence-electron chi connectivity index (χ0n) is 15.5. The summed E-state index contributed by atoms with van der Waals surface area (Å²) < 4.78 is 15.3. The largest absolute Gasteiger partial charge is 0.340 e. The first-order chi connectivity index (χ1) is 14.1. The van der Waals surface area contributed by atoms with Crippen LogP contribution in [0.3, 0.4) is 0 Å². The molecule has 2 aromatic carbocycles. The van der Waals surface area contributed by atoms with Gasteiger partial charge in [0.1, 0.15) is 18.0 Å². The minimum atomic E-state index is -0.406. The molecule has 2 N–H and O–H groups in total. The van der Waals surface area contributed by atoms with Crippen LogP contribution in [0.2, 0.25) is 0 Å². The van der Waals surface area contributed by atoms with Crippen molar-refractivity contribution in [2.45, 2.75) is 6.92 Å². The normalized spacial score (nSPS) is 10.6. The second-order valence-electron chi connectivity index (χ2n) is 6.33. The lowest BCUT2D eigenvalue weighted by Crippen LogP contribution is -2.12. The fraction of sp³-hybridized carbons (Fsp3) is 0.0476. The highest BCUT2D eigenvalue weighted by Crippen LogP contribution is 2.19. The van der Waals surface area contributed by atoms with Gasteiger partial charge >= 0.3 is 0 Å². The summed E-state index contributed by atoms with van der Waals surface area (Å²) in [6, 6.07) is 15.1. The van der Waals surface area contributed by atoms with Gasteiger partial charge in [-0.1, -0.05) is 6.07 Å². The maximum absolute atomic E-state index is 13.7. The fourth-order valence-corrected chi connectivity index (χ4v) is 2.67. The number of rotatable bonds is 5. The minimum Gasteiger partial charge on any atom is -0.340 e. The number of anilines is 3. The molecule has 0 aliphatic carbocycles. The van der Waals surface area contributed by atoms with E-state index in [1.54, 1.807) is 66.5 Å². The molecule has 2 heterocycles. The number of nitrogens with zero attached hydrogens (tertiary/aromatic N) is 4. The van der Waals surface area contributed by atoms with Crippen LogP contribution < -0.4 is 10.6 Å². The van der Waals surface area contributed by atoms with E-state index >= 15 is 0 Å². The number of aromatic nitrogens is 4. The van der Waals surface area contributed by atoms with Crippen LogP contribution >= 0.6 is 0 Å². The van der Waals surface area contributed by atoms with Crippen LogP contribution in [0.1, 0.15) is 15.9 Å². The van der Waals surface area contributed by atoms with E-state index in [0.717, 1.165) is 5.69 Å². The monoisotopic (exact) mass is 388 g/mol. The predicted octanol–water partition coefficient (Wildman–Crippen LogP) is 4.11. The van der Waals surface area contributed by atoms with Crippen molar-refractivity contribution in [2.75, 3.05) is 10.6 Å². The lowest BCUT2D eigenvalue weighted by atomic mass is 10.1. The van der Waals surface area contributed by atoms with Crippen LogP contribution in [0.5, 0.6) is 0 Å². The molecule has 0 aliphatic heterocycles. The lowest BCUT2D eigenvalue weighted by Gasteiger charge is -2.09. The molecular formula is C21H17FN6O. The average molecular weight is 388 g/mol. The standard InChI is InChI=1S/C21H17FN6O/c1-14-3-4-15(11-18(14)22)21(29)27-17-7-5-16(6-8-17)26-19-12-20(24-13-23-19)28-10-2-9-25-28/h2-13H,1H3,(H,27,29)(H,23,24,26). The van der Waals surface area contributed by atoms with Gasteiger partial charge in [0.15, 0.2) is 5.82 Å². The van der Waals surface area contributed by atoms with E-state index in [4.69, 9.17) is 0 Å². The molecule has 8 heteroatoms. The highest BCUT2D eigenvalue weighted by molar-refractivity contribution is 6.04. The van der Waals surface area contributed by atoms with Crippen molar-refractivity contribution >= 4 is 23.1 Å². The molecule has 0 spiro atoms. The van der Waals surface area contributed by atoms with Crippen LogP contribution in [-0.2, 0) is 0 Å². The number of hydrogen-bond acceptors (Lipinski definition) is 5. The Morgan fingerprint density at radius 1 is 1.03 bits per heavy atom. The number of carbonyl (C=O) groups is 1. The van der Waals surface area contributed by atoms with E-state index in [1.807, 2.05) is 6.07 Å². The molecule has 0 fully saturated rings. The summed E-state index contributed by atoms with van der Waals surface area (Å²) in [5.74, 6) is 0.472. The van der Waals surface area contributed by atoms with Crippen LogP contribution in [0.4, 0.5) is 21.6 Å². The Labute approximate surface area is 166 Å². The smallest absolute Gasteiger partial charge is 0.255 e. The van der Waals surface area contributed by atoms with E-state index < -0.39 is 5.82 Å². The van der Waals surface area contributed by atoms with Gasteiger partial charge in [-0.05, 0) is 55.0 Å². The summed E-state index contributed by atoms with van der Waals surface area (Å²) >= 11 is 0. The van der Waals surface area contributed by atoms with Crippen LogP contribution in [-0.4, -0.2) is 25.7 Å². The minimum absolute atomic E-state index is 0.266. The molecule has 144 valence electrons. The Bertz CT molecular complexity index is 1140. The van der Waals surface area contributed by atoms with E-state index in [9.17, 15) is 9.18 Å². The maximum atomic E-state index is 13.7. The molecule has 1 amide bonds. The average Bonchev–Trinajstić information content (AvgIpc) is 3.27. The van der Waals surface area contributed by atoms with Gasteiger partial charge < -0.3 is 10.6 Å². The molecule has 0 aliphatic rings. The molecule has 0 radical (unpaired) electrons. The number of benzene rings is 2. The third-order valence-corrected chi connectivity index (χ3v) is 4.24. The number of aryl methyl sites for hydroxylation is 1. The van der Waals surface area contributed by atoms with E-state index in [2.05, 4.69) is 25.7 Å². The molecule has 0 saturated heterocycles. The number of hydrogen-bond donors (Lipinski definition) is 2. The number of nitrogens with one attached hydrogen (secondary N) is 2. The Morgan fingerprint density at radius 2 is 1.83 bits per heavy atom. The van der Waals surface area contributed by atoms with Gasteiger partial charge in [0.25, 0.3) is 5.91 Å². The van der Waals surface area contributed by atoms with Crippen molar-refractivity contribution in [2.24, 2.45) is 0 Å². The van der Waals surface area contributed by atoms with Gasteiger partial charge in [-0.15, -0.1) is 0 Å². The van der Waals surface area contributed by atoms with Crippen molar-refractivity contribution in [3.05, 3.63) is 90.3 Å². The Kier molecular flexibility index (Phi) is 4.98. The third-order valence-electron chi connectivity index (χ3n) is 4.24. The van der Waals surface area contributed by atoms with E-state index in [0.29, 0.717) is 22.9 Å². The quantitative estimate of drug-likeness (QED) is 0.538. The van der Waals surface area contributed by atoms with Gasteiger partial charge in [0.05, 0.1) is 0 Å². The number of carbonyl (C=O) groups excluding carboxylic acids is 1. The first-order valence-electron chi connectivity index (χ1n) is 8.85. The zero-order chi connectivity index (χ0) is 20.2. The molecular weight excluding hydrogens is 371 g/mol. The number of halogens is 1. The molecule has 4 rings (SSSR count). The molecule has 29 heavy (non-hydrogen) atoms. The molecule has 2 aromatic heterocycles. The fourth-order valence-electron chi connectivity index (χ4n) is 2.67. The predicted molar refractivity (Wildman–Crippen MR) is 108 cm³/mol. The summed E-state index contributed by atoms with van der Waals surface area (Å²) in [6.07, 6.45) is 4.92.